The molecule has 0 heterocycles. The van der Waals surface area contributed by atoms with E-state index in [0.717, 1.165) is 5.69 Å². The molecule has 0 atom stereocenters. The van der Waals surface area contributed by atoms with Gasteiger partial charge in [0.05, 0.1) is 31.5 Å². The lowest BCUT2D eigenvalue weighted by Crippen LogP contribution is -2.01. The third kappa shape index (κ3) is 2.71. The first kappa shape index (κ1) is 11.5. The van der Waals surface area contributed by atoms with Crippen molar-refractivity contribution >= 4 is 17.3 Å². The molecular formula is C11H12ClNO2. The normalized spacial score (nSPS) is 9.20. The Bertz CT molecular complexity index is 385. The van der Waals surface area contributed by atoms with Crippen LogP contribution in [0, 0.1) is 12.3 Å². The number of anilines is 1. The van der Waals surface area contributed by atoms with Gasteiger partial charge in [0, 0.05) is 12.1 Å². The van der Waals surface area contributed by atoms with E-state index in [1.807, 2.05) is 0 Å². The molecule has 1 N–H and O–H groups in total. The predicted molar refractivity (Wildman–Crippen MR) is 61.9 cm³/mol. The molecule has 0 amide bonds. The van der Waals surface area contributed by atoms with E-state index in [1.54, 1.807) is 26.4 Å². The Kier molecular flexibility index (Phi) is 4.14. The zero-order chi connectivity index (χ0) is 11.3. The molecule has 0 spiro atoms. The number of methoxy groups -OCH3 is 2. The first-order valence-corrected chi connectivity index (χ1v) is 4.69. The SMILES string of the molecule is C#CCNc1cc(OC)c(Cl)cc1OC. The molecule has 0 aliphatic carbocycles. The van der Waals surface area contributed by atoms with Crippen LogP contribution in [0.25, 0.3) is 0 Å². The summed E-state index contributed by atoms with van der Waals surface area (Å²) in [5.41, 5.74) is 0.761. The smallest absolute Gasteiger partial charge is 0.143 e. The Hall–Kier alpha value is -1.53. The van der Waals surface area contributed by atoms with Crippen LogP contribution in [0.15, 0.2) is 12.1 Å². The molecule has 3 nitrogen and oxygen atoms in total. The fourth-order valence-electron chi connectivity index (χ4n) is 1.14. The van der Waals surface area contributed by atoms with Crippen molar-refractivity contribution in [2.75, 3.05) is 26.1 Å². The zero-order valence-electron chi connectivity index (χ0n) is 8.63. The van der Waals surface area contributed by atoms with Crippen LogP contribution in [0.3, 0.4) is 0 Å². The highest BCUT2D eigenvalue weighted by Crippen LogP contribution is 2.35. The van der Waals surface area contributed by atoms with Gasteiger partial charge in [-0.1, -0.05) is 17.5 Å². The third-order valence-corrected chi connectivity index (χ3v) is 2.15. The van der Waals surface area contributed by atoms with Gasteiger partial charge in [-0.3, -0.25) is 0 Å². The van der Waals surface area contributed by atoms with Gasteiger partial charge in [-0.25, -0.2) is 0 Å². The highest BCUT2D eigenvalue weighted by molar-refractivity contribution is 6.32. The molecule has 1 aromatic rings. The van der Waals surface area contributed by atoms with Crippen molar-refractivity contribution in [3.05, 3.63) is 17.2 Å². The maximum Gasteiger partial charge on any atom is 0.143 e. The number of benzene rings is 1. The number of terminal acetylenes is 1. The van der Waals surface area contributed by atoms with Gasteiger partial charge in [0.25, 0.3) is 0 Å². The van der Waals surface area contributed by atoms with Crippen molar-refractivity contribution in [1.29, 1.82) is 0 Å². The lowest BCUT2D eigenvalue weighted by Gasteiger charge is -2.12. The van der Waals surface area contributed by atoms with Crippen LogP contribution >= 0.6 is 11.6 Å². The van der Waals surface area contributed by atoms with E-state index < -0.39 is 0 Å². The zero-order valence-corrected chi connectivity index (χ0v) is 9.39. The topological polar surface area (TPSA) is 30.5 Å². The number of nitrogens with one attached hydrogen (secondary N) is 1. The highest BCUT2D eigenvalue weighted by Gasteiger charge is 2.08. The summed E-state index contributed by atoms with van der Waals surface area (Å²) >= 11 is 5.94. The quantitative estimate of drug-likeness (QED) is 0.799. The second kappa shape index (κ2) is 5.38. The lowest BCUT2D eigenvalue weighted by atomic mass is 10.2. The van der Waals surface area contributed by atoms with Crippen molar-refractivity contribution in [1.82, 2.24) is 0 Å². The standard InChI is InChI=1S/C11H12ClNO2/c1-4-5-13-9-7-10(14-2)8(12)6-11(9)15-3/h1,6-7,13H,5H2,2-3H3. The average molecular weight is 226 g/mol. The van der Waals surface area contributed by atoms with Crippen molar-refractivity contribution in [2.45, 2.75) is 0 Å². The summed E-state index contributed by atoms with van der Waals surface area (Å²) in [7, 11) is 3.12. The van der Waals surface area contributed by atoms with Gasteiger partial charge < -0.3 is 14.8 Å². The van der Waals surface area contributed by atoms with Gasteiger partial charge in [0.2, 0.25) is 0 Å². The van der Waals surface area contributed by atoms with E-state index in [2.05, 4.69) is 11.2 Å². The number of rotatable bonds is 4. The second-order valence-electron chi connectivity index (χ2n) is 2.74. The monoisotopic (exact) mass is 225 g/mol. The van der Waals surface area contributed by atoms with E-state index in [4.69, 9.17) is 27.5 Å². The molecule has 1 aromatic carbocycles. The Labute approximate surface area is 94.3 Å². The summed E-state index contributed by atoms with van der Waals surface area (Å²) < 4.78 is 10.2. The highest BCUT2D eigenvalue weighted by atomic mass is 35.5. The van der Waals surface area contributed by atoms with Crippen molar-refractivity contribution < 1.29 is 9.47 Å². The molecule has 15 heavy (non-hydrogen) atoms. The molecule has 0 fully saturated rings. The fourth-order valence-corrected chi connectivity index (χ4v) is 1.38. The molecule has 80 valence electrons. The number of ether oxygens (including phenoxy) is 2. The molecule has 0 unspecified atom stereocenters. The summed E-state index contributed by atoms with van der Waals surface area (Å²) in [6.07, 6.45) is 5.16. The maximum absolute atomic E-state index is 5.94. The largest absolute Gasteiger partial charge is 0.495 e. The summed E-state index contributed by atoms with van der Waals surface area (Å²) in [6.45, 7) is 0.418. The Morgan fingerprint density at radius 3 is 2.53 bits per heavy atom. The van der Waals surface area contributed by atoms with Gasteiger partial charge in [0.15, 0.2) is 0 Å². The van der Waals surface area contributed by atoms with E-state index >= 15 is 0 Å². The predicted octanol–water partition coefficient (Wildman–Crippen LogP) is 2.40. The third-order valence-electron chi connectivity index (χ3n) is 1.85. The Balaban J connectivity index is 3.06. The molecule has 0 saturated carbocycles. The summed E-state index contributed by atoms with van der Waals surface area (Å²) in [4.78, 5) is 0. The molecule has 0 aromatic heterocycles. The molecular weight excluding hydrogens is 214 g/mol. The van der Waals surface area contributed by atoms with Crippen molar-refractivity contribution in [3.8, 4) is 23.8 Å². The molecule has 0 bridgehead atoms. The average Bonchev–Trinajstić information content (AvgIpc) is 2.26. The van der Waals surface area contributed by atoms with Crippen LogP contribution in [0.2, 0.25) is 5.02 Å². The molecule has 0 aliphatic rings. The van der Waals surface area contributed by atoms with Crippen molar-refractivity contribution in [2.24, 2.45) is 0 Å². The molecule has 4 heteroatoms. The number of hydrogen-bond acceptors (Lipinski definition) is 3. The summed E-state index contributed by atoms with van der Waals surface area (Å²) in [5, 5.41) is 3.52. The van der Waals surface area contributed by atoms with Gasteiger partial charge in [0.1, 0.15) is 11.5 Å². The minimum atomic E-state index is 0.418. The maximum atomic E-state index is 5.94. The van der Waals surface area contributed by atoms with Gasteiger partial charge >= 0.3 is 0 Å². The first-order chi connectivity index (χ1) is 7.22. The van der Waals surface area contributed by atoms with Crippen LogP contribution in [0.1, 0.15) is 0 Å². The lowest BCUT2D eigenvalue weighted by molar-refractivity contribution is 0.405. The minimum absolute atomic E-state index is 0.418. The van der Waals surface area contributed by atoms with E-state index in [1.165, 1.54) is 0 Å². The molecule has 0 radical (unpaired) electrons. The van der Waals surface area contributed by atoms with Crippen LogP contribution in [0.5, 0.6) is 11.5 Å². The fraction of sp³-hybridized carbons (Fsp3) is 0.273. The van der Waals surface area contributed by atoms with Gasteiger partial charge in [-0.2, -0.15) is 0 Å². The van der Waals surface area contributed by atoms with Gasteiger partial charge in [-0.15, -0.1) is 6.42 Å². The summed E-state index contributed by atoms with van der Waals surface area (Å²) in [5.74, 6) is 3.69. The van der Waals surface area contributed by atoms with Crippen molar-refractivity contribution in [3.63, 3.8) is 0 Å². The molecule has 1 rings (SSSR count). The van der Waals surface area contributed by atoms with Crippen LogP contribution < -0.4 is 14.8 Å². The van der Waals surface area contributed by atoms with E-state index in [0.29, 0.717) is 23.1 Å². The van der Waals surface area contributed by atoms with E-state index in [9.17, 15) is 0 Å². The van der Waals surface area contributed by atoms with Crippen LogP contribution in [0.4, 0.5) is 5.69 Å². The van der Waals surface area contributed by atoms with Crippen LogP contribution in [-0.2, 0) is 0 Å². The molecule has 0 saturated heterocycles. The first-order valence-electron chi connectivity index (χ1n) is 4.31. The Morgan fingerprint density at radius 1 is 1.33 bits per heavy atom. The Morgan fingerprint density at radius 2 is 2.00 bits per heavy atom. The molecule has 0 aliphatic heterocycles. The van der Waals surface area contributed by atoms with Crippen LogP contribution in [-0.4, -0.2) is 20.8 Å². The summed E-state index contributed by atoms with van der Waals surface area (Å²) in [6, 6.07) is 3.43. The number of halogens is 1. The second-order valence-corrected chi connectivity index (χ2v) is 3.15. The van der Waals surface area contributed by atoms with E-state index in [-0.39, 0.29) is 0 Å². The van der Waals surface area contributed by atoms with Gasteiger partial charge in [-0.05, 0) is 0 Å². The minimum Gasteiger partial charge on any atom is -0.495 e. The number of hydrogen-bond donors (Lipinski definition) is 1.